The first-order valence-corrected chi connectivity index (χ1v) is 7.82. The highest BCUT2D eigenvalue weighted by Crippen LogP contribution is 2.14. The summed E-state index contributed by atoms with van der Waals surface area (Å²) >= 11 is 0. The molecule has 0 spiro atoms. The topological polar surface area (TPSA) is 76.4 Å². The number of aliphatic imine (C=N–C) groups is 1. The van der Waals surface area contributed by atoms with Crippen LogP contribution in [0.5, 0.6) is 5.75 Å². The van der Waals surface area contributed by atoms with Gasteiger partial charge in [0.25, 0.3) is 0 Å². The van der Waals surface area contributed by atoms with Gasteiger partial charge in [0.15, 0.2) is 11.8 Å². The first-order chi connectivity index (χ1) is 11.6. The molecular weight excluding hydrogens is 438 g/mol. The average molecular weight is 462 g/mol. The van der Waals surface area contributed by atoms with E-state index in [1.54, 1.807) is 25.5 Å². The number of ether oxygens (including phenoxy) is 1. The van der Waals surface area contributed by atoms with Gasteiger partial charge in [0.2, 0.25) is 0 Å². The monoisotopic (exact) mass is 462 g/mol. The van der Waals surface area contributed by atoms with E-state index in [1.165, 1.54) is 12.1 Å². The summed E-state index contributed by atoms with van der Waals surface area (Å²) in [6.07, 6.45) is 2.33. The Morgan fingerprint density at radius 2 is 2.20 bits per heavy atom. The van der Waals surface area contributed by atoms with Crippen molar-refractivity contribution in [1.29, 1.82) is 0 Å². The fraction of sp³-hybridized carbons (Fsp3) is 0.438. The fourth-order valence-corrected chi connectivity index (χ4v) is 2.06. The van der Waals surface area contributed by atoms with Gasteiger partial charge in [-0.1, -0.05) is 13.0 Å². The largest absolute Gasteiger partial charge is 0.489 e. The molecule has 1 aromatic heterocycles. The molecule has 0 amide bonds. The third kappa shape index (κ3) is 6.85. The number of guanidine groups is 1. The van der Waals surface area contributed by atoms with Crippen LogP contribution in [0.15, 0.2) is 35.6 Å². The van der Waals surface area contributed by atoms with E-state index in [0.29, 0.717) is 24.8 Å². The van der Waals surface area contributed by atoms with Crippen LogP contribution in [0.4, 0.5) is 4.39 Å². The van der Waals surface area contributed by atoms with Crippen LogP contribution >= 0.6 is 24.0 Å². The van der Waals surface area contributed by atoms with Crippen molar-refractivity contribution in [2.45, 2.75) is 26.0 Å². The minimum Gasteiger partial charge on any atom is -0.489 e. The second kappa shape index (κ2) is 10.9. The van der Waals surface area contributed by atoms with Crippen LogP contribution in [0.25, 0.3) is 0 Å². The molecule has 1 heterocycles. The van der Waals surface area contributed by atoms with Crippen LogP contribution in [-0.2, 0) is 13.6 Å². The van der Waals surface area contributed by atoms with E-state index < -0.39 is 0 Å². The summed E-state index contributed by atoms with van der Waals surface area (Å²) < 4.78 is 20.9. The molecule has 7 nitrogen and oxygen atoms in total. The van der Waals surface area contributed by atoms with E-state index in [2.05, 4.69) is 25.8 Å². The smallest absolute Gasteiger partial charge is 0.191 e. The molecule has 0 fully saturated rings. The van der Waals surface area contributed by atoms with Gasteiger partial charge < -0.3 is 19.9 Å². The second-order valence-electron chi connectivity index (χ2n) is 5.27. The maximum Gasteiger partial charge on any atom is 0.191 e. The third-order valence-electron chi connectivity index (χ3n) is 3.49. The summed E-state index contributed by atoms with van der Waals surface area (Å²) in [5.74, 6) is 1.66. The van der Waals surface area contributed by atoms with Crippen molar-refractivity contribution in [3.63, 3.8) is 0 Å². The lowest BCUT2D eigenvalue weighted by molar-refractivity contribution is 0.198. The van der Waals surface area contributed by atoms with Crippen molar-refractivity contribution in [2.24, 2.45) is 12.0 Å². The van der Waals surface area contributed by atoms with Gasteiger partial charge in [0.05, 0.1) is 13.1 Å². The highest BCUT2D eigenvalue weighted by molar-refractivity contribution is 14.0. The van der Waals surface area contributed by atoms with Crippen LogP contribution in [-0.4, -0.2) is 40.4 Å². The molecule has 0 saturated carbocycles. The molecular formula is C16H24FIN6O. The Balaban J connectivity index is 0.00000312. The number of hydrogen-bond acceptors (Lipinski definition) is 4. The number of halogens is 2. The van der Waals surface area contributed by atoms with Crippen molar-refractivity contribution < 1.29 is 9.13 Å². The highest BCUT2D eigenvalue weighted by atomic mass is 127. The third-order valence-corrected chi connectivity index (χ3v) is 3.49. The Morgan fingerprint density at radius 3 is 2.80 bits per heavy atom. The van der Waals surface area contributed by atoms with E-state index in [9.17, 15) is 4.39 Å². The lowest BCUT2D eigenvalue weighted by atomic mass is 10.2. The highest BCUT2D eigenvalue weighted by Gasteiger charge is 2.10. The summed E-state index contributed by atoms with van der Waals surface area (Å²) in [7, 11) is 3.58. The second-order valence-corrected chi connectivity index (χ2v) is 5.27. The number of aromatic nitrogens is 3. The van der Waals surface area contributed by atoms with E-state index in [4.69, 9.17) is 4.74 Å². The first kappa shape index (κ1) is 21.1. The van der Waals surface area contributed by atoms with Gasteiger partial charge in [-0.25, -0.2) is 4.39 Å². The van der Waals surface area contributed by atoms with E-state index in [1.807, 2.05) is 18.5 Å². The Labute approximate surface area is 164 Å². The number of nitrogens with zero attached hydrogens (tertiary/aromatic N) is 4. The maximum atomic E-state index is 13.2. The number of rotatable bonds is 7. The molecule has 0 radical (unpaired) electrons. The normalized spacial score (nSPS) is 12.2. The number of nitrogens with one attached hydrogen (secondary N) is 2. The molecule has 1 unspecified atom stereocenters. The molecule has 1 aromatic carbocycles. The Hall–Kier alpha value is -1.91. The fourth-order valence-electron chi connectivity index (χ4n) is 2.06. The lowest BCUT2D eigenvalue weighted by Gasteiger charge is -2.20. The molecule has 9 heteroatoms. The summed E-state index contributed by atoms with van der Waals surface area (Å²) in [4.78, 5) is 4.17. The van der Waals surface area contributed by atoms with E-state index >= 15 is 0 Å². The molecule has 2 N–H and O–H groups in total. The van der Waals surface area contributed by atoms with Crippen LogP contribution in [0.1, 0.15) is 19.2 Å². The molecule has 0 aliphatic rings. The van der Waals surface area contributed by atoms with Crippen molar-refractivity contribution in [1.82, 2.24) is 25.4 Å². The minimum absolute atomic E-state index is 0. The molecule has 25 heavy (non-hydrogen) atoms. The van der Waals surface area contributed by atoms with Crippen LogP contribution in [0, 0.1) is 5.82 Å². The van der Waals surface area contributed by atoms with Gasteiger partial charge in [-0.05, 0) is 18.6 Å². The average Bonchev–Trinajstić information content (AvgIpc) is 2.99. The van der Waals surface area contributed by atoms with Gasteiger partial charge >= 0.3 is 0 Å². The maximum absolute atomic E-state index is 13.2. The summed E-state index contributed by atoms with van der Waals surface area (Å²) in [5.41, 5.74) is 0. The standard InChI is InChI=1S/C16H23FN6O.HI/c1-4-13(24-14-7-5-6-12(17)8-14)9-19-16(18-2)20-10-15-22-21-11-23(15)3;/h5-8,11,13H,4,9-10H2,1-3H3,(H2,18,19,20);1H. The van der Waals surface area contributed by atoms with Crippen molar-refractivity contribution in [3.05, 3.63) is 42.2 Å². The molecule has 0 bridgehead atoms. The molecule has 2 aromatic rings. The van der Waals surface area contributed by atoms with Gasteiger partial charge in [0, 0.05) is 20.2 Å². The van der Waals surface area contributed by atoms with Crippen molar-refractivity contribution in [2.75, 3.05) is 13.6 Å². The van der Waals surface area contributed by atoms with Gasteiger partial charge in [0.1, 0.15) is 24.0 Å². The molecule has 0 saturated heterocycles. The first-order valence-electron chi connectivity index (χ1n) is 7.82. The quantitative estimate of drug-likeness (QED) is 0.375. The zero-order valence-corrected chi connectivity index (χ0v) is 16.9. The lowest BCUT2D eigenvalue weighted by Crippen LogP contribution is -2.42. The molecule has 138 valence electrons. The van der Waals surface area contributed by atoms with E-state index in [0.717, 1.165) is 12.2 Å². The van der Waals surface area contributed by atoms with Crippen molar-refractivity contribution >= 4 is 29.9 Å². The van der Waals surface area contributed by atoms with E-state index in [-0.39, 0.29) is 35.9 Å². The zero-order valence-electron chi connectivity index (χ0n) is 14.6. The zero-order chi connectivity index (χ0) is 17.4. The Bertz CT molecular complexity index is 678. The minimum atomic E-state index is -0.309. The van der Waals surface area contributed by atoms with Crippen LogP contribution in [0.2, 0.25) is 0 Å². The van der Waals surface area contributed by atoms with Crippen LogP contribution < -0.4 is 15.4 Å². The predicted molar refractivity (Wildman–Crippen MR) is 106 cm³/mol. The van der Waals surface area contributed by atoms with Gasteiger partial charge in [-0.3, -0.25) is 4.99 Å². The summed E-state index contributed by atoms with van der Waals surface area (Å²) in [6, 6.07) is 6.15. The summed E-state index contributed by atoms with van der Waals surface area (Å²) in [5, 5.41) is 14.2. The number of benzene rings is 1. The summed E-state index contributed by atoms with van der Waals surface area (Å²) in [6.45, 7) is 3.07. The predicted octanol–water partition coefficient (Wildman–Crippen LogP) is 2.09. The van der Waals surface area contributed by atoms with Gasteiger partial charge in [-0.2, -0.15) is 0 Å². The molecule has 0 aliphatic carbocycles. The SMILES string of the molecule is CCC(CNC(=NC)NCc1nncn1C)Oc1cccc(F)c1.I. The van der Waals surface area contributed by atoms with Crippen molar-refractivity contribution in [3.8, 4) is 5.75 Å². The number of aryl methyl sites for hydroxylation is 1. The molecule has 2 rings (SSSR count). The van der Waals surface area contributed by atoms with Gasteiger partial charge in [-0.15, -0.1) is 34.2 Å². The molecule has 0 aliphatic heterocycles. The number of hydrogen-bond donors (Lipinski definition) is 2. The Morgan fingerprint density at radius 1 is 1.40 bits per heavy atom. The molecule has 1 atom stereocenters. The van der Waals surface area contributed by atoms with Crippen LogP contribution in [0.3, 0.4) is 0 Å². The Kier molecular flexibility index (Phi) is 9.17.